The monoisotopic (exact) mass is 297 g/mol. The van der Waals surface area contributed by atoms with Crippen molar-refractivity contribution in [3.05, 3.63) is 0 Å². The zero-order valence-electron chi connectivity index (χ0n) is 14.5. The van der Waals surface area contributed by atoms with Gasteiger partial charge in [0.05, 0.1) is 0 Å². The van der Waals surface area contributed by atoms with Crippen molar-refractivity contribution < 1.29 is 4.79 Å². The zero-order chi connectivity index (χ0) is 15.9. The van der Waals surface area contributed by atoms with Crippen molar-refractivity contribution >= 4 is 5.91 Å². The zero-order valence-corrected chi connectivity index (χ0v) is 14.5. The fourth-order valence-electron chi connectivity index (χ4n) is 3.30. The van der Waals surface area contributed by atoms with E-state index in [0.29, 0.717) is 23.7 Å². The summed E-state index contributed by atoms with van der Waals surface area (Å²) in [6.07, 6.45) is 3.94. The maximum Gasteiger partial charge on any atom is 0.222 e. The molecule has 1 aliphatic rings. The number of amides is 1. The Kier molecular flexibility index (Phi) is 7.67. The average molecular weight is 297 g/mol. The van der Waals surface area contributed by atoms with E-state index >= 15 is 0 Å². The van der Waals surface area contributed by atoms with Gasteiger partial charge in [0.2, 0.25) is 5.91 Å². The third-order valence-electron chi connectivity index (χ3n) is 4.10. The Balaban J connectivity index is 2.37. The lowest BCUT2D eigenvalue weighted by Gasteiger charge is -2.26. The second-order valence-corrected chi connectivity index (χ2v) is 7.79. The van der Waals surface area contributed by atoms with E-state index in [4.69, 9.17) is 5.73 Å². The van der Waals surface area contributed by atoms with Crippen LogP contribution in [-0.2, 0) is 4.79 Å². The third-order valence-corrected chi connectivity index (χ3v) is 4.10. The quantitative estimate of drug-likeness (QED) is 0.818. The standard InChI is InChI=1S/C17H35N3O/c1-15(14-17(2,3)4)13-16(21)20-10-6-9-19(11-12-20)8-5-7-18/h15H,5-14,18H2,1-4H3. The first-order valence-electron chi connectivity index (χ1n) is 8.52. The Hall–Kier alpha value is -0.610. The van der Waals surface area contributed by atoms with Crippen LogP contribution in [0.25, 0.3) is 0 Å². The fraction of sp³-hybridized carbons (Fsp3) is 0.941. The summed E-state index contributed by atoms with van der Waals surface area (Å²) in [4.78, 5) is 17.0. The van der Waals surface area contributed by atoms with Crippen LogP contribution in [0.3, 0.4) is 0 Å². The molecule has 21 heavy (non-hydrogen) atoms. The van der Waals surface area contributed by atoms with Crippen molar-refractivity contribution in [1.82, 2.24) is 9.80 Å². The van der Waals surface area contributed by atoms with E-state index in [1.165, 1.54) is 0 Å². The average Bonchev–Trinajstić information content (AvgIpc) is 2.59. The van der Waals surface area contributed by atoms with Crippen LogP contribution in [0.15, 0.2) is 0 Å². The lowest BCUT2D eigenvalue weighted by molar-refractivity contribution is -0.132. The third kappa shape index (κ3) is 7.82. The van der Waals surface area contributed by atoms with E-state index in [1.807, 2.05) is 0 Å². The molecule has 0 aromatic carbocycles. The van der Waals surface area contributed by atoms with Gasteiger partial charge in [-0.2, -0.15) is 0 Å². The summed E-state index contributed by atoms with van der Waals surface area (Å²) in [5, 5.41) is 0. The van der Waals surface area contributed by atoms with Crippen molar-refractivity contribution in [3.8, 4) is 0 Å². The van der Waals surface area contributed by atoms with Gasteiger partial charge < -0.3 is 15.5 Å². The first kappa shape index (κ1) is 18.4. The van der Waals surface area contributed by atoms with Crippen molar-refractivity contribution in [2.45, 2.75) is 53.4 Å². The molecule has 1 heterocycles. The molecule has 0 bridgehead atoms. The van der Waals surface area contributed by atoms with E-state index in [-0.39, 0.29) is 0 Å². The summed E-state index contributed by atoms with van der Waals surface area (Å²) in [7, 11) is 0. The molecule has 1 amide bonds. The van der Waals surface area contributed by atoms with Gasteiger partial charge in [-0.05, 0) is 50.2 Å². The van der Waals surface area contributed by atoms with Gasteiger partial charge in [-0.25, -0.2) is 0 Å². The molecule has 0 saturated carbocycles. The summed E-state index contributed by atoms with van der Waals surface area (Å²) in [5.41, 5.74) is 5.88. The molecule has 1 saturated heterocycles. The normalized spacial score (nSPS) is 19.4. The summed E-state index contributed by atoms with van der Waals surface area (Å²) in [6.45, 7) is 14.7. The summed E-state index contributed by atoms with van der Waals surface area (Å²) >= 11 is 0. The molecule has 1 unspecified atom stereocenters. The van der Waals surface area contributed by atoms with E-state index in [0.717, 1.165) is 58.5 Å². The van der Waals surface area contributed by atoms with Gasteiger partial charge in [-0.3, -0.25) is 4.79 Å². The first-order chi connectivity index (χ1) is 9.81. The minimum Gasteiger partial charge on any atom is -0.341 e. The Morgan fingerprint density at radius 3 is 2.52 bits per heavy atom. The van der Waals surface area contributed by atoms with Crippen molar-refractivity contribution in [3.63, 3.8) is 0 Å². The van der Waals surface area contributed by atoms with Gasteiger partial charge in [0.1, 0.15) is 0 Å². The molecule has 0 spiro atoms. The van der Waals surface area contributed by atoms with Gasteiger partial charge >= 0.3 is 0 Å². The van der Waals surface area contributed by atoms with Crippen LogP contribution >= 0.6 is 0 Å². The molecule has 0 aliphatic carbocycles. The van der Waals surface area contributed by atoms with Gasteiger partial charge in [0, 0.05) is 26.1 Å². The smallest absolute Gasteiger partial charge is 0.222 e. The lowest BCUT2D eigenvalue weighted by atomic mass is 9.84. The Labute approximate surface area is 131 Å². The molecule has 1 aliphatic heterocycles. The molecule has 124 valence electrons. The first-order valence-corrected chi connectivity index (χ1v) is 8.52. The van der Waals surface area contributed by atoms with Crippen molar-refractivity contribution in [2.24, 2.45) is 17.1 Å². The molecule has 1 atom stereocenters. The van der Waals surface area contributed by atoms with Gasteiger partial charge in [-0.1, -0.05) is 27.7 Å². The van der Waals surface area contributed by atoms with E-state index in [1.54, 1.807) is 0 Å². The molecular weight excluding hydrogens is 262 g/mol. The van der Waals surface area contributed by atoms with Crippen molar-refractivity contribution in [2.75, 3.05) is 39.3 Å². The van der Waals surface area contributed by atoms with E-state index in [9.17, 15) is 4.79 Å². The number of hydrogen-bond acceptors (Lipinski definition) is 3. The van der Waals surface area contributed by atoms with Crippen LogP contribution in [0, 0.1) is 11.3 Å². The van der Waals surface area contributed by atoms with Gasteiger partial charge in [-0.15, -0.1) is 0 Å². The molecule has 1 rings (SSSR count). The fourth-order valence-corrected chi connectivity index (χ4v) is 3.30. The lowest BCUT2D eigenvalue weighted by Crippen LogP contribution is -2.36. The van der Waals surface area contributed by atoms with E-state index < -0.39 is 0 Å². The predicted molar refractivity (Wildman–Crippen MR) is 89.2 cm³/mol. The van der Waals surface area contributed by atoms with Crippen LogP contribution in [0.2, 0.25) is 0 Å². The minimum absolute atomic E-state index is 0.303. The molecule has 0 aromatic rings. The Morgan fingerprint density at radius 1 is 1.19 bits per heavy atom. The molecule has 4 nitrogen and oxygen atoms in total. The number of hydrogen-bond donors (Lipinski definition) is 1. The second kappa shape index (κ2) is 8.74. The minimum atomic E-state index is 0.303. The predicted octanol–water partition coefficient (Wildman–Crippen LogP) is 2.33. The Bertz CT molecular complexity index is 312. The van der Waals surface area contributed by atoms with Gasteiger partial charge in [0.15, 0.2) is 0 Å². The molecular formula is C17H35N3O. The van der Waals surface area contributed by atoms with Crippen LogP contribution in [0.1, 0.15) is 53.4 Å². The largest absolute Gasteiger partial charge is 0.341 e. The Morgan fingerprint density at radius 2 is 1.90 bits per heavy atom. The highest BCUT2D eigenvalue weighted by molar-refractivity contribution is 5.76. The molecule has 2 N–H and O–H groups in total. The maximum atomic E-state index is 12.5. The maximum absolute atomic E-state index is 12.5. The van der Waals surface area contributed by atoms with Crippen LogP contribution < -0.4 is 5.73 Å². The SMILES string of the molecule is CC(CC(=O)N1CCCN(CCCN)CC1)CC(C)(C)C. The summed E-state index contributed by atoms with van der Waals surface area (Å²) < 4.78 is 0. The van der Waals surface area contributed by atoms with Crippen LogP contribution in [-0.4, -0.2) is 55.0 Å². The molecule has 0 aromatic heterocycles. The highest BCUT2D eigenvalue weighted by Gasteiger charge is 2.22. The summed E-state index contributed by atoms with van der Waals surface area (Å²) in [6, 6.07) is 0. The molecule has 4 heteroatoms. The van der Waals surface area contributed by atoms with Crippen LogP contribution in [0.5, 0.6) is 0 Å². The van der Waals surface area contributed by atoms with E-state index in [2.05, 4.69) is 37.5 Å². The number of nitrogens with two attached hydrogens (primary N) is 1. The topological polar surface area (TPSA) is 49.6 Å². The number of nitrogens with zero attached hydrogens (tertiary/aromatic N) is 2. The molecule has 0 radical (unpaired) electrons. The van der Waals surface area contributed by atoms with Crippen molar-refractivity contribution in [1.29, 1.82) is 0 Å². The second-order valence-electron chi connectivity index (χ2n) is 7.79. The van der Waals surface area contributed by atoms with Gasteiger partial charge in [0.25, 0.3) is 0 Å². The highest BCUT2D eigenvalue weighted by Crippen LogP contribution is 2.26. The highest BCUT2D eigenvalue weighted by atomic mass is 16.2. The molecule has 1 fully saturated rings. The number of carbonyl (C=O) groups excluding carboxylic acids is 1. The summed E-state index contributed by atoms with van der Waals surface area (Å²) in [5.74, 6) is 0.807. The van der Waals surface area contributed by atoms with Crippen LogP contribution in [0.4, 0.5) is 0 Å². The number of rotatable bonds is 6. The number of carbonyl (C=O) groups is 1.